The third-order valence-corrected chi connectivity index (χ3v) is 5.14. The summed E-state index contributed by atoms with van der Waals surface area (Å²) < 4.78 is 13.1. The van der Waals surface area contributed by atoms with Crippen LogP contribution in [0.5, 0.6) is 0 Å². The molecule has 25 heavy (non-hydrogen) atoms. The number of amides is 1. The van der Waals surface area contributed by atoms with Crippen LogP contribution in [0.15, 0.2) is 6.33 Å². The van der Waals surface area contributed by atoms with Gasteiger partial charge < -0.3 is 19.7 Å². The minimum Gasteiger partial charge on any atom is -0.444 e. The molecule has 2 atom stereocenters. The van der Waals surface area contributed by atoms with Crippen LogP contribution in [0, 0.1) is 0 Å². The van der Waals surface area contributed by atoms with Gasteiger partial charge in [0.25, 0.3) is 0 Å². The van der Waals surface area contributed by atoms with Crippen LogP contribution in [0.2, 0.25) is 0 Å². The van der Waals surface area contributed by atoms with Crippen molar-refractivity contribution in [3.63, 3.8) is 0 Å². The summed E-state index contributed by atoms with van der Waals surface area (Å²) in [5, 5.41) is 8.12. The SMILES string of the molecule is CC(C)(C)OC(=O)N1CC2(CC(N[C@@H]3CCCOC3)c3ncnn32)C1. The number of rotatable bonds is 2. The van der Waals surface area contributed by atoms with E-state index in [1.54, 1.807) is 11.2 Å². The molecule has 1 aromatic rings. The first-order valence-electron chi connectivity index (χ1n) is 9.08. The Kier molecular flexibility index (Phi) is 3.99. The van der Waals surface area contributed by atoms with Crippen molar-refractivity contribution < 1.29 is 14.3 Å². The highest BCUT2D eigenvalue weighted by Gasteiger charge is 2.55. The van der Waals surface area contributed by atoms with Crippen LogP contribution in [0.25, 0.3) is 0 Å². The minimum absolute atomic E-state index is 0.157. The van der Waals surface area contributed by atoms with E-state index in [2.05, 4.69) is 15.4 Å². The van der Waals surface area contributed by atoms with Crippen LogP contribution in [0.1, 0.15) is 51.9 Å². The van der Waals surface area contributed by atoms with Gasteiger partial charge in [-0.2, -0.15) is 5.10 Å². The molecule has 1 N–H and O–H groups in total. The predicted octanol–water partition coefficient (Wildman–Crippen LogP) is 1.44. The van der Waals surface area contributed by atoms with Crippen LogP contribution in [0.4, 0.5) is 4.79 Å². The number of hydrogen-bond donors (Lipinski definition) is 1. The second kappa shape index (κ2) is 5.95. The second-order valence-corrected chi connectivity index (χ2v) is 8.43. The fourth-order valence-corrected chi connectivity index (χ4v) is 4.08. The number of ether oxygens (including phenoxy) is 2. The van der Waals surface area contributed by atoms with Gasteiger partial charge in [0.05, 0.1) is 25.7 Å². The molecule has 2 saturated heterocycles. The van der Waals surface area contributed by atoms with Gasteiger partial charge in [0.15, 0.2) is 0 Å². The molecule has 3 aliphatic heterocycles. The van der Waals surface area contributed by atoms with E-state index in [-0.39, 0.29) is 17.7 Å². The molecule has 138 valence electrons. The Morgan fingerprint density at radius 3 is 2.92 bits per heavy atom. The van der Waals surface area contributed by atoms with Crippen molar-refractivity contribution in [2.24, 2.45) is 0 Å². The highest BCUT2D eigenvalue weighted by atomic mass is 16.6. The first-order chi connectivity index (χ1) is 11.9. The van der Waals surface area contributed by atoms with Crippen LogP contribution in [0.3, 0.4) is 0 Å². The molecule has 4 rings (SSSR count). The summed E-state index contributed by atoms with van der Waals surface area (Å²) in [6, 6.07) is 0.524. The maximum atomic E-state index is 12.3. The Labute approximate surface area is 147 Å². The molecular weight excluding hydrogens is 322 g/mol. The normalized spacial score (nSPS) is 27.9. The van der Waals surface area contributed by atoms with Crippen molar-refractivity contribution in [2.45, 2.75) is 63.3 Å². The van der Waals surface area contributed by atoms with Crippen molar-refractivity contribution in [2.75, 3.05) is 26.3 Å². The lowest BCUT2D eigenvalue weighted by atomic mass is 9.86. The molecule has 0 aromatic carbocycles. The zero-order chi connectivity index (χ0) is 17.7. The highest BCUT2D eigenvalue weighted by molar-refractivity contribution is 5.69. The van der Waals surface area contributed by atoms with E-state index in [4.69, 9.17) is 9.47 Å². The predicted molar refractivity (Wildman–Crippen MR) is 90.1 cm³/mol. The number of aromatic nitrogens is 3. The number of fused-ring (bicyclic) bond motifs is 2. The van der Waals surface area contributed by atoms with Crippen molar-refractivity contribution >= 4 is 6.09 Å². The molecule has 0 saturated carbocycles. The van der Waals surface area contributed by atoms with E-state index >= 15 is 0 Å². The highest BCUT2D eigenvalue weighted by Crippen LogP contribution is 2.44. The molecule has 0 bridgehead atoms. The topological polar surface area (TPSA) is 81.5 Å². The molecule has 1 unspecified atom stereocenters. The Bertz CT molecular complexity index is 641. The molecule has 1 spiro atoms. The summed E-state index contributed by atoms with van der Waals surface area (Å²) in [5.41, 5.74) is -0.630. The third-order valence-electron chi connectivity index (χ3n) is 5.14. The summed E-state index contributed by atoms with van der Waals surface area (Å²) in [7, 11) is 0. The number of nitrogens with zero attached hydrogens (tertiary/aromatic N) is 4. The van der Waals surface area contributed by atoms with Gasteiger partial charge in [-0.1, -0.05) is 0 Å². The maximum Gasteiger partial charge on any atom is 0.410 e. The molecule has 0 radical (unpaired) electrons. The lowest BCUT2D eigenvalue weighted by Crippen LogP contribution is -2.64. The Hall–Kier alpha value is -1.67. The molecule has 8 heteroatoms. The number of carbonyl (C=O) groups is 1. The van der Waals surface area contributed by atoms with E-state index in [0.29, 0.717) is 19.1 Å². The lowest BCUT2D eigenvalue weighted by molar-refractivity contribution is -0.0319. The van der Waals surface area contributed by atoms with Gasteiger partial charge in [-0.3, -0.25) is 0 Å². The summed E-state index contributed by atoms with van der Waals surface area (Å²) in [6.45, 7) is 8.51. The van der Waals surface area contributed by atoms with Crippen molar-refractivity contribution in [1.82, 2.24) is 25.0 Å². The van der Waals surface area contributed by atoms with Crippen LogP contribution >= 0.6 is 0 Å². The van der Waals surface area contributed by atoms with Gasteiger partial charge in [0.1, 0.15) is 23.3 Å². The summed E-state index contributed by atoms with van der Waals surface area (Å²) in [5.74, 6) is 0.967. The Morgan fingerprint density at radius 2 is 2.24 bits per heavy atom. The van der Waals surface area contributed by atoms with Gasteiger partial charge >= 0.3 is 6.09 Å². The first kappa shape index (κ1) is 16.8. The van der Waals surface area contributed by atoms with Gasteiger partial charge in [0.2, 0.25) is 0 Å². The molecule has 3 aliphatic rings. The van der Waals surface area contributed by atoms with Crippen molar-refractivity contribution in [3.8, 4) is 0 Å². The molecular formula is C17H27N5O3. The molecule has 8 nitrogen and oxygen atoms in total. The number of carbonyl (C=O) groups excluding carboxylic acids is 1. The van der Waals surface area contributed by atoms with Gasteiger partial charge in [-0.25, -0.2) is 14.5 Å². The first-order valence-corrected chi connectivity index (χ1v) is 9.08. The molecule has 0 aliphatic carbocycles. The quantitative estimate of drug-likeness (QED) is 0.870. The van der Waals surface area contributed by atoms with Gasteiger partial charge in [-0.05, 0) is 40.0 Å². The maximum absolute atomic E-state index is 12.3. The van der Waals surface area contributed by atoms with Crippen LogP contribution in [-0.2, 0) is 15.0 Å². The molecule has 4 heterocycles. The number of nitrogens with one attached hydrogen (secondary N) is 1. The van der Waals surface area contributed by atoms with Crippen LogP contribution < -0.4 is 5.32 Å². The Balaban J connectivity index is 1.42. The summed E-state index contributed by atoms with van der Waals surface area (Å²) in [4.78, 5) is 18.5. The average molecular weight is 349 g/mol. The Morgan fingerprint density at radius 1 is 1.44 bits per heavy atom. The lowest BCUT2D eigenvalue weighted by Gasteiger charge is -2.47. The average Bonchev–Trinajstić information content (AvgIpc) is 3.07. The van der Waals surface area contributed by atoms with E-state index in [1.165, 1.54) is 0 Å². The molecule has 1 amide bonds. The van der Waals surface area contributed by atoms with E-state index in [1.807, 2.05) is 25.5 Å². The number of hydrogen-bond acceptors (Lipinski definition) is 6. The van der Waals surface area contributed by atoms with Crippen LogP contribution in [-0.4, -0.2) is 63.7 Å². The fraction of sp³-hybridized carbons (Fsp3) is 0.824. The second-order valence-electron chi connectivity index (χ2n) is 8.43. The zero-order valence-electron chi connectivity index (χ0n) is 15.2. The smallest absolute Gasteiger partial charge is 0.410 e. The van der Waals surface area contributed by atoms with E-state index in [9.17, 15) is 4.79 Å². The van der Waals surface area contributed by atoms with Gasteiger partial charge in [0, 0.05) is 12.6 Å². The fourth-order valence-electron chi connectivity index (χ4n) is 4.08. The summed E-state index contributed by atoms with van der Waals surface area (Å²) in [6.07, 6.45) is 4.48. The zero-order valence-corrected chi connectivity index (χ0v) is 15.2. The molecule has 1 aromatic heterocycles. The van der Waals surface area contributed by atoms with E-state index in [0.717, 1.165) is 38.3 Å². The standard InChI is InChI=1S/C17H27N5O3/c1-16(2,3)25-15(23)21-9-17(10-21)7-13(14-18-11-19-22(14)17)20-12-5-4-6-24-8-12/h11-13,20H,4-10H2,1-3H3/t12-,13?/m1/s1. The minimum atomic E-state index is -0.473. The summed E-state index contributed by atoms with van der Waals surface area (Å²) >= 11 is 0. The van der Waals surface area contributed by atoms with E-state index < -0.39 is 5.60 Å². The monoisotopic (exact) mass is 349 g/mol. The third kappa shape index (κ3) is 3.13. The molecule has 2 fully saturated rings. The van der Waals surface area contributed by atoms with Gasteiger partial charge in [-0.15, -0.1) is 0 Å². The van der Waals surface area contributed by atoms with Crippen molar-refractivity contribution in [1.29, 1.82) is 0 Å². The number of likely N-dealkylation sites (tertiary alicyclic amines) is 1. The van der Waals surface area contributed by atoms with Crippen molar-refractivity contribution in [3.05, 3.63) is 12.2 Å². The largest absolute Gasteiger partial charge is 0.444 e.